The molecule has 0 radical (unpaired) electrons. The van der Waals surface area contributed by atoms with Gasteiger partial charge in [0.15, 0.2) is 5.82 Å². The molecule has 1 fully saturated rings. The first-order valence-corrected chi connectivity index (χ1v) is 11.1. The molecule has 1 saturated carbocycles. The molecule has 2 heterocycles. The summed E-state index contributed by atoms with van der Waals surface area (Å²) in [6, 6.07) is 4.19. The number of hydrogen-bond donors (Lipinski definition) is 1. The van der Waals surface area contributed by atoms with E-state index in [4.69, 9.17) is 4.78 Å². The molecule has 2 aromatic heterocycles. The van der Waals surface area contributed by atoms with Crippen LogP contribution in [0.25, 0.3) is 5.78 Å². The molecule has 0 amide bonds. The lowest BCUT2D eigenvalue weighted by Gasteiger charge is -2.13. The molecule has 9 heteroatoms. The van der Waals surface area contributed by atoms with Crippen LogP contribution < -0.4 is 5.56 Å². The molecule has 0 spiro atoms. The van der Waals surface area contributed by atoms with Crippen molar-refractivity contribution >= 4 is 15.5 Å². The van der Waals surface area contributed by atoms with Crippen LogP contribution in [0, 0.1) is 10.6 Å². The van der Waals surface area contributed by atoms with Gasteiger partial charge in [0.1, 0.15) is 5.82 Å². The van der Waals surface area contributed by atoms with Crippen LogP contribution in [-0.4, -0.2) is 29.6 Å². The zero-order valence-electron chi connectivity index (χ0n) is 16.0. The van der Waals surface area contributed by atoms with Gasteiger partial charge in [0.05, 0.1) is 16.3 Å². The van der Waals surface area contributed by atoms with Crippen LogP contribution in [0.4, 0.5) is 4.39 Å². The summed E-state index contributed by atoms with van der Waals surface area (Å²) in [7, 11) is -2.99. The number of benzene rings is 1. The average molecular weight is 403 g/mol. The number of fused-ring (bicyclic) bond motifs is 1. The third-order valence-electron chi connectivity index (χ3n) is 4.98. The first-order chi connectivity index (χ1) is 13.1. The van der Waals surface area contributed by atoms with Crippen molar-refractivity contribution in [1.82, 2.24) is 19.2 Å². The second kappa shape index (κ2) is 6.51. The number of hydrogen-bond acceptors (Lipinski definition) is 5. The molecule has 28 heavy (non-hydrogen) atoms. The molecule has 0 bridgehead atoms. The minimum absolute atomic E-state index is 0.0166. The summed E-state index contributed by atoms with van der Waals surface area (Å²) >= 11 is 0. The van der Waals surface area contributed by atoms with Gasteiger partial charge < -0.3 is 4.57 Å². The van der Waals surface area contributed by atoms with Gasteiger partial charge in [0.25, 0.3) is 5.56 Å². The fraction of sp³-hybridized carbons (Fsp3) is 0.421. The van der Waals surface area contributed by atoms with Gasteiger partial charge in [-0.25, -0.2) is 13.4 Å². The highest BCUT2D eigenvalue weighted by Crippen LogP contribution is 2.38. The van der Waals surface area contributed by atoms with E-state index >= 15 is 0 Å². The summed E-state index contributed by atoms with van der Waals surface area (Å²) in [5.41, 5.74) is 0.750. The zero-order chi connectivity index (χ0) is 20.2. The molecule has 1 atom stereocenters. The van der Waals surface area contributed by atoms with Crippen LogP contribution in [0.3, 0.4) is 0 Å². The maximum Gasteiger partial charge on any atom is 0.279 e. The van der Waals surface area contributed by atoms with Gasteiger partial charge in [-0.05, 0) is 30.9 Å². The average Bonchev–Trinajstić information content (AvgIpc) is 3.36. The standard InChI is InChI=1S/C19H22FN5O2S/c1-11(2)15-10-24(9-13-6-7-14(8-16(13)20)28(3,21)27)19-22-17(12-4-5-12)23-25(19)18(15)26/h6-8,10-12,21H,4-5,9H2,1-3H3/t28-/m1/s1. The predicted molar refractivity (Wildman–Crippen MR) is 104 cm³/mol. The van der Waals surface area contributed by atoms with E-state index in [1.54, 1.807) is 10.8 Å². The molecule has 1 aliphatic carbocycles. The zero-order valence-corrected chi connectivity index (χ0v) is 16.8. The van der Waals surface area contributed by atoms with Crippen molar-refractivity contribution in [2.24, 2.45) is 0 Å². The highest BCUT2D eigenvalue weighted by atomic mass is 32.2. The van der Waals surface area contributed by atoms with Crippen LogP contribution in [0.2, 0.25) is 0 Å². The number of nitrogens with one attached hydrogen (secondary N) is 1. The summed E-state index contributed by atoms with van der Waals surface area (Å²) in [5, 5.41) is 4.40. The highest BCUT2D eigenvalue weighted by Gasteiger charge is 2.29. The van der Waals surface area contributed by atoms with Crippen molar-refractivity contribution in [3.63, 3.8) is 0 Å². The summed E-state index contributed by atoms with van der Waals surface area (Å²) in [5.74, 6) is 0.782. The monoisotopic (exact) mass is 403 g/mol. The molecular weight excluding hydrogens is 381 g/mol. The van der Waals surface area contributed by atoms with Gasteiger partial charge in [0, 0.05) is 34.4 Å². The molecule has 1 aromatic carbocycles. The van der Waals surface area contributed by atoms with Crippen molar-refractivity contribution < 1.29 is 8.60 Å². The maximum atomic E-state index is 14.6. The smallest absolute Gasteiger partial charge is 0.279 e. The minimum atomic E-state index is -2.99. The number of aromatic nitrogens is 4. The highest BCUT2D eigenvalue weighted by molar-refractivity contribution is 7.91. The minimum Gasteiger partial charge on any atom is -0.312 e. The Hall–Kier alpha value is -2.55. The molecular formula is C19H22FN5O2S. The van der Waals surface area contributed by atoms with Crippen molar-refractivity contribution in [2.75, 3.05) is 6.26 Å². The molecule has 148 valence electrons. The molecule has 0 unspecified atom stereocenters. The number of rotatable bonds is 5. The van der Waals surface area contributed by atoms with Gasteiger partial charge in [-0.15, -0.1) is 5.10 Å². The van der Waals surface area contributed by atoms with E-state index in [0.29, 0.717) is 28.6 Å². The molecule has 0 aliphatic heterocycles. The topological polar surface area (TPSA) is 93.1 Å². The van der Waals surface area contributed by atoms with Gasteiger partial charge >= 0.3 is 0 Å². The second-order valence-electron chi connectivity index (χ2n) is 7.73. The molecule has 0 saturated heterocycles. The molecule has 3 aromatic rings. The lowest BCUT2D eigenvalue weighted by Crippen LogP contribution is -2.24. The molecule has 7 nitrogen and oxygen atoms in total. The van der Waals surface area contributed by atoms with E-state index in [0.717, 1.165) is 18.9 Å². The number of halogens is 1. The SMILES string of the molecule is CC(C)c1cn(Cc2ccc([S@](C)(=N)=O)cc2F)c2nc(C3CC3)nn2c1=O. The van der Waals surface area contributed by atoms with E-state index < -0.39 is 15.5 Å². The Morgan fingerprint density at radius 2 is 2.07 bits per heavy atom. The quantitative estimate of drug-likeness (QED) is 0.708. The third kappa shape index (κ3) is 3.34. The van der Waals surface area contributed by atoms with Crippen LogP contribution in [0.15, 0.2) is 34.1 Å². The van der Waals surface area contributed by atoms with Crippen molar-refractivity contribution in [1.29, 1.82) is 4.78 Å². The Labute approximate surface area is 162 Å². The van der Waals surface area contributed by atoms with Crippen molar-refractivity contribution in [3.05, 3.63) is 57.5 Å². The third-order valence-corrected chi connectivity index (χ3v) is 6.13. The van der Waals surface area contributed by atoms with Gasteiger partial charge in [-0.3, -0.25) is 4.79 Å². The van der Waals surface area contributed by atoms with E-state index in [2.05, 4.69) is 10.1 Å². The Morgan fingerprint density at radius 3 is 2.64 bits per heavy atom. The first kappa shape index (κ1) is 18.8. The van der Waals surface area contributed by atoms with Crippen LogP contribution in [0.1, 0.15) is 55.5 Å². The largest absolute Gasteiger partial charge is 0.312 e. The lowest BCUT2D eigenvalue weighted by atomic mass is 10.1. The van der Waals surface area contributed by atoms with Gasteiger partial charge in [0.2, 0.25) is 5.78 Å². The van der Waals surface area contributed by atoms with Gasteiger partial charge in [-0.1, -0.05) is 19.9 Å². The molecule has 4 rings (SSSR count). The summed E-state index contributed by atoms with van der Waals surface area (Å²) in [6.07, 6.45) is 5.01. The van der Waals surface area contributed by atoms with Crippen molar-refractivity contribution in [2.45, 2.75) is 50.0 Å². The van der Waals surface area contributed by atoms with E-state index in [9.17, 15) is 13.4 Å². The lowest BCUT2D eigenvalue weighted by molar-refractivity contribution is 0.592. The van der Waals surface area contributed by atoms with E-state index in [1.165, 1.54) is 22.9 Å². The fourth-order valence-electron chi connectivity index (χ4n) is 3.15. The maximum absolute atomic E-state index is 14.6. The summed E-state index contributed by atoms with van der Waals surface area (Å²) in [6.45, 7) is 4.00. The van der Waals surface area contributed by atoms with Crippen LogP contribution >= 0.6 is 0 Å². The van der Waals surface area contributed by atoms with Gasteiger partial charge in [-0.2, -0.15) is 9.50 Å². The predicted octanol–water partition coefficient (Wildman–Crippen LogP) is 3.11. The van der Waals surface area contributed by atoms with E-state index in [-0.39, 0.29) is 22.9 Å². The molecule has 1 N–H and O–H groups in total. The Morgan fingerprint density at radius 1 is 1.36 bits per heavy atom. The van der Waals surface area contributed by atoms with Crippen LogP contribution in [0.5, 0.6) is 0 Å². The first-order valence-electron chi connectivity index (χ1n) is 9.17. The Bertz CT molecular complexity index is 1240. The number of nitrogens with zero attached hydrogens (tertiary/aromatic N) is 4. The summed E-state index contributed by atoms with van der Waals surface area (Å²) in [4.78, 5) is 17.5. The fourth-order valence-corrected chi connectivity index (χ4v) is 3.81. The summed E-state index contributed by atoms with van der Waals surface area (Å²) < 4.78 is 37.1. The Balaban J connectivity index is 1.84. The Kier molecular flexibility index (Phi) is 4.37. The molecule has 1 aliphatic rings. The second-order valence-corrected chi connectivity index (χ2v) is 9.88. The van der Waals surface area contributed by atoms with E-state index in [1.807, 2.05) is 13.8 Å². The van der Waals surface area contributed by atoms with Crippen molar-refractivity contribution in [3.8, 4) is 0 Å². The van der Waals surface area contributed by atoms with Crippen LogP contribution in [-0.2, 0) is 16.3 Å². The normalized spacial score (nSPS) is 16.6.